The first kappa shape index (κ1) is 12.5. The van der Waals surface area contributed by atoms with Gasteiger partial charge in [0.25, 0.3) is 0 Å². The van der Waals surface area contributed by atoms with Crippen molar-refractivity contribution in [2.24, 2.45) is 5.73 Å². The Morgan fingerprint density at radius 1 is 1.50 bits per heavy atom. The molecule has 0 aliphatic rings. The summed E-state index contributed by atoms with van der Waals surface area (Å²) in [5.74, 6) is -0.408. The standard InChI is InChI=1S/C10H11BrN2O3/c1-2-16-9(14)6-3-4-8(7(11)5-6)13-10(12)15/h3-5H,2H2,1H3,(H3,12,13,15). The predicted octanol–water partition coefficient (Wildman–Crippen LogP) is 2.12. The number of nitrogens with one attached hydrogen (secondary N) is 1. The van der Waals surface area contributed by atoms with Crippen molar-refractivity contribution in [3.05, 3.63) is 28.2 Å². The molecule has 0 fully saturated rings. The molecular weight excluding hydrogens is 276 g/mol. The van der Waals surface area contributed by atoms with E-state index in [1.807, 2.05) is 0 Å². The summed E-state index contributed by atoms with van der Waals surface area (Å²) in [5, 5.41) is 2.41. The number of benzene rings is 1. The van der Waals surface area contributed by atoms with Gasteiger partial charge in [0.15, 0.2) is 0 Å². The van der Waals surface area contributed by atoms with Crippen LogP contribution in [0, 0.1) is 0 Å². The maximum atomic E-state index is 11.4. The molecule has 1 aromatic rings. The average Bonchev–Trinajstić information content (AvgIpc) is 2.20. The second-order valence-corrected chi connectivity index (χ2v) is 3.76. The summed E-state index contributed by atoms with van der Waals surface area (Å²) in [6, 6.07) is 4.02. The second-order valence-electron chi connectivity index (χ2n) is 2.90. The van der Waals surface area contributed by atoms with Crippen LogP contribution in [0.2, 0.25) is 0 Å². The third kappa shape index (κ3) is 3.23. The van der Waals surface area contributed by atoms with E-state index in [-0.39, 0.29) is 0 Å². The van der Waals surface area contributed by atoms with Gasteiger partial charge >= 0.3 is 12.0 Å². The third-order valence-electron chi connectivity index (χ3n) is 1.74. The highest BCUT2D eigenvalue weighted by atomic mass is 79.9. The third-order valence-corrected chi connectivity index (χ3v) is 2.39. The zero-order valence-corrected chi connectivity index (χ0v) is 10.2. The minimum atomic E-state index is -0.662. The number of esters is 1. The van der Waals surface area contributed by atoms with E-state index >= 15 is 0 Å². The molecule has 1 aromatic carbocycles. The number of rotatable bonds is 3. The molecule has 0 saturated carbocycles. The number of ether oxygens (including phenoxy) is 1. The lowest BCUT2D eigenvalue weighted by atomic mass is 10.2. The minimum Gasteiger partial charge on any atom is -0.462 e. The molecule has 0 radical (unpaired) electrons. The fourth-order valence-corrected chi connectivity index (χ4v) is 1.57. The van der Waals surface area contributed by atoms with Gasteiger partial charge in [-0.2, -0.15) is 0 Å². The number of carbonyl (C=O) groups is 2. The lowest BCUT2D eigenvalue weighted by Gasteiger charge is -2.07. The fraction of sp³-hybridized carbons (Fsp3) is 0.200. The lowest BCUT2D eigenvalue weighted by molar-refractivity contribution is 0.0526. The summed E-state index contributed by atoms with van der Waals surface area (Å²) in [7, 11) is 0. The maximum Gasteiger partial charge on any atom is 0.338 e. The molecular formula is C10H11BrN2O3. The van der Waals surface area contributed by atoms with Crippen molar-refractivity contribution in [2.45, 2.75) is 6.92 Å². The van der Waals surface area contributed by atoms with Crippen molar-refractivity contribution in [1.82, 2.24) is 0 Å². The number of primary amides is 1. The lowest BCUT2D eigenvalue weighted by Crippen LogP contribution is -2.19. The van der Waals surface area contributed by atoms with Gasteiger partial charge in [0.2, 0.25) is 0 Å². The van der Waals surface area contributed by atoms with E-state index in [1.165, 1.54) is 0 Å². The van der Waals surface area contributed by atoms with Gasteiger partial charge in [-0.25, -0.2) is 9.59 Å². The van der Waals surface area contributed by atoms with Gasteiger partial charge in [0.1, 0.15) is 0 Å². The number of amides is 2. The minimum absolute atomic E-state index is 0.317. The van der Waals surface area contributed by atoms with Gasteiger partial charge < -0.3 is 15.8 Å². The van der Waals surface area contributed by atoms with Gasteiger partial charge in [0.05, 0.1) is 17.9 Å². The molecule has 0 heterocycles. The molecule has 3 N–H and O–H groups in total. The zero-order valence-electron chi connectivity index (χ0n) is 8.62. The molecule has 0 spiro atoms. The first-order valence-corrected chi connectivity index (χ1v) is 5.37. The molecule has 2 amide bonds. The molecule has 0 saturated heterocycles. The Morgan fingerprint density at radius 3 is 2.69 bits per heavy atom. The van der Waals surface area contributed by atoms with Gasteiger partial charge in [-0.05, 0) is 41.1 Å². The molecule has 0 aromatic heterocycles. The highest BCUT2D eigenvalue weighted by molar-refractivity contribution is 9.10. The van der Waals surface area contributed by atoms with Crippen LogP contribution in [-0.2, 0) is 4.74 Å². The molecule has 0 unspecified atom stereocenters. The maximum absolute atomic E-state index is 11.4. The Balaban J connectivity index is 2.90. The van der Waals surface area contributed by atoms with Crippen LogP contribution < -0.4 is 11.1 Å². The topological polar surface area (TPSA) is 81.4 Å². The molecule has 5 nitrogen and oxygen atoms in total. The van der Waals surface area contributed by atoms with Crippen molar-refractivity contribution in [3.63, 3.8) is 0 Å². The summed E-state index contributed by atoms with van der Waals surface area (Å²) in [6.45, 7) is 2.05. The summed E-state index contributed by atoms with van der Waals surface area (Å²) in [6.07, 6.45) is 0. The smallest absolute Gasteiger partial charge is 0.338 e. The molecule has 0 atom stereocenters. The van der Waals surface area contributed by atoms with Crippen molar-refractivity contribution in [1.29, 1.82) is 0 Å². The van der Waals surface area contributed by atoms with Gasteiger partial charge in [0, 0.05) is 4.47 Å². The van der Waals surface area contributed by atoms with Crippen LogP contribution in [0.4, 0.5) is 10.5 Å². The van der Waals surface area contributed by atoms with Crippen molar-refractivity contribution >= 4 is 33.6 Å². The Kier molecular flexibility index (Phi) is 4.30. The van der Waals surface area contributed by atoms with Gasteiger partial charge in [-0.15, -0.1) is 0 Å². The second kappa shape index (κ2) is 5.50. The molecule has 0 bridgehead atoms. The van der Waals surface area contributed by atoms with E-state index in [0.29, 0.717) is 22.3 Å². The van der Waals surface area contributed by atoms with Gasteiger partial charge in [-0.3, -0.25) is 0 Å². The van der Waals surface area contributed by atoms with Crippen LogP contribution in [0.1, 0.15) is 17.3 Å². The average molecular weight is 287 g/mol. The molecule has 0 aliphatic heterocycles. The Bertz CT molecular complexity index is 421. The van der Waals surface area contributed by atoms with Crippen LogP contribution >= 0.6 is 15.9 Å². The van der Waals surface area contributed by atoms with Crippen LogP contribution in [0.25, 0.3) is 0 Å². The zero-order chi connectivity index (χ0) is 12.1. The first-order chi connectivity index (χ1) is 7.54. The molecule has 0 aliphatic carbocycles. The summed E-state index contributed by atoms with van der Waals surface area (Å²) in [4.78, 5) is 22.0. The van der Waals surface area contributed by atoms with E-state index < -0.39 is 12.0 Å². The SMILES string of the molecule is CCOC(=O)c1ccc(NC(N)=O)c(Br)c1. The number of halogens is 1. The van der Waals surface area contributed by atoms with Crippen molar-refractivity contribution < 1.29 is 14.3 Å². The number of urea groups is 1. The summed E-state index contributed by atoms with van der Waals surface area (Å²) >= 11 is 3.22. The van der Waals surface area contributed by atoms with Crippen LogP contribution in [-0.4, -0.2) is 18.6 Å². The van der Waals surface area contributed by atoms with Crippen LogP contribution in [0.5, 0.6) is 0 Å². The Hall–Kier alpha value is -1.56. The normalized spacial score (nSPS) is 9.62. The fourth-order valence-electron chi connectivity index (χ4n) is 1.09. The summed E-state index contributed by atoms with van der Waals surface area (Å²) in [5.41, 5.74) is 5.88. The van der Waals surface area contributed by atoms with E-state index in [9.17, 15) is 9.59 Å². The number of anilines is 1. The predicted molar refractivity (Wildman–Crippen MR) is 63.3 cm³/mol. The summed E-state index contributed by atoms with van der Waals surface area (Å²) < 4.78 is 5.40. The molecule has 86 valence electrons. The van der Waals surface area contributed by atoms with E-state index in [2.05, 4.69) is 21.2 Å². The molecule has 1 rings (SSSR count). The number of hydrogen-bond acceptors (Lipinski definition) is 3. The van der Waals surface area contributed by atoms with E-state index in [0.717, 1.165) is 0 Å². The number of hydrogen-bond donors (Lipinski definition) is 2. The first-order valence-electron chi connectivity index (χ1n) is 4.57. The Labute approximate surface area is 101 Å². The molecule has 16 heavy (non-hydrogen) atoms. The van der Waals surface area contributed by atoms with Crippen LogP contribution in [0.15, 0.2) is 22.7 Å². The Morgan fingerprint density at radius 2 is 2.19 bits per heavy atom. The van der Waals surface area contributed by atoms with E-state index in [1.54, 1.807) is 25.1 Å². The highest BCUT2D eigenvalue weighted by Gasteiger charge is 2.09. The number of nitrogens with two attached hydrogens (primary N) is 1. The van der Waals surface area contributed by atoms with Gasteiger partial charge in [-0.1, -0.05) is 0 Å². The monoisotopic (exact) mass is 286 g/mol. The van der Waals surface area contributed by atoms with Crippen LogP contribution in [0.3, 0.4) is 0 Å². The number of carbonyl (C=O) groups excluding carboxylic acids is 2. The van der Waals surface area contributed by atoms with Crippen molar-refractivity contribution in [3.8, 4) is 0 Å². The quantitative estimate of drug-likeness (QED) is 0.835. The highest BCUT2D eigenvalue weighted by Crippen LogP contribution is 2.23. The van der Waals surface area contributed by atoms with E-state index in [4.69, 9.17) is 10.5 Å². The van der Waals surface area contributed by atoms with Crippen molar-refractivity contribution in [2.75, 3.05) is 11.9 Å². The molecule has 6 heteroatoms. The largest absolute Gasteiger partial charge is 0.462 e.